The zero-order valence-electron chi connectivity index (χ0n) is 9.98. The summed E-state index contributed by atoms with van der Waals surface area (Å²) in [6.45, 7) is 3.62. The van der Waals surface area contributed by atoms with Gasteiger partial charge in [-0.25, -0.2) is 4.98 Å². The van der Waals surface area contributed by atoms with Crippen LogP contribution in [0, 0.1) is 6.92 Å². The summed E-state index contributed by atoms with van der Waals surface area (Å²) >= 11 is 7.73. The molecule has 2 aromatic heterocycles. The number of fused-ring (bicyclic) bond motifs is 1. The summed E-state index contributed by atoms with van der Waals surface area (Å²) in [6, 6.07) is 2.16. The van der Waals surface area contributed by atoms with Crippen LogP contribution in [0.2, 0.25) is 5.28 Å². The molecule has 18 heavy (non-hydrogen) atoms. The third kappa shape index (κ3) is 1.93. The Hall–Kier alpha value is -1.33. The number of nitrogens with zero attached hydrogens (tertiary/aromatic N) is 3. The molecule has 0 saturated carbocycles. The molecule has 2 N–H and O–H groups in total. The lowest BCUT2D eigenvalue weighted by atomic mass is 10.1. The third-order valence-electron chi connectivity index (χ3n) is 3.20. The minimum absolute atomic E-state index is 0.257. The summed E-state index contributed by atoms with van der Waals surface area (Å²) in [4.78, 5) is 12.0. The third-order valence-corrected chi connectivity index (χ3v) is 4.39. The number of aryl methyl sites for hydroxylation is 1. The van der Waals surface area contributed by atoms with Crippen LogP contribution in [0.5, 0.6) is 0 Å². The molecule has 3 heterocycles. The number of hydrogen-bond acceptors (Lipinski definition) is 5. The van der Waals surface area contributed by atoms with Gasteiger partial charge in [0.15, 0.2) is 5.82 Å². The van der Waals surface area contributed by atoms with Crippen molar-refractivity contribution in [2.75, 3.05) is 17.2 Å². The summed E-state index contributed by atoms with van der Waals surface area (Å²) in [6.07, 6.45) is 1.03. The topological polar surface area (TPSA) is 55.0 Å². The first kappa shape index (κ1) is 11.7. The van der Waals surface area contributed by atoms with Crippen LogP contribution in [0.3, 0.4) is 0 Å². The monoisotopic (exact) mass is 280 g/mol. The van der Waals surface area contributed by atoms with E-state index in [1.807, 2.05) is 18.3 Å². The summed E-state index contributed by atoms with van der Waals surface area (Å²) in [5.74, 6) is 0.754. The van der Waals surface area contributed by atoms with Crippen LogP contribution in [0.25, 0.3) is 0 Å². The van der Waals surface area contributed by atoms with Gasteiger partial charge in [0, 0.05) is 18.0 Å². The van der Waals surface area contributed by atoms with Gasteiger partial charge in [-0.15, -0.1) is 11.3 Å². The first-order chi connectivity index (χ1) is 8.65. The summed E-state index contributed by atoms with van der Waals surface area (Å²) < 4.78 is 0. The summed E-state index contributed by atoms with van der Waals surface area (Å²) in [5.41, 5.74) is 8.77. The fraction of sp³-hybridized carbons (Fsp3) is 0.333. The minimum Gasteiger partial charge on any atom is -0.394 e. The molecule has 3 rings (SSSR count). The molecule has 0 fully saturated rings. The quantitative estimate of drug-likeness (QED) is 0.816. The number of thiophene rings is 1. The van der Waals surface area contributed by atoms with E-state index in [9.17, 15) is 0 Å². The SMILES string of the molecule is Cc1nc(Cl)nc(N2CCc3sccc3C2)c1N. The van der Waals surface area contributed by atoms with Gasteiger partial charge in [-0.3, -0.25) is 0 Å². The van der Waals surface area contributed by atoms with E-state index in [1.165, 1.54) is 10.4 Å². The molecular formula is C12H13ClN4S. The maximum absolute atomic E-state index is 6.05. The van der Waals surface area contributed by atoms with Gasteiger partial charge in [-0.1, -0.05) is 0 Å². The molecule has 0 aliphatic carbocycles. The number of halogens is 1. The number of anilines is 2. The van der Waals surface area contributed by atoms with Crippen molar-refractivity contribution in [3.63, 3.8) is 0 Å². The highest BCUT2D eigenvalue weighted by molar-refractivity contribution is 7.10. The van der Waals surface area contributed by atoms with Gasteiger partial charge < -0.3 is 10.6 Å². The normalized spacial score (nSPS) is 14.7. The van der Waals surface area contributed by atoms with Gasteiger partial charge in [0.05, 0.1) is 11.4 Å². The van der Waals surface area contributed by atoms with Crippen molar-refractivity contribution in [1.82, 2.24) is 9.97 Å². The molecule has 0 atom stereocenters. The minimum atomic E-state index is 0.257. The predicted molar refractivity (Wildman–Crippen MR) is 75.3 cm³/mol. The van der Waals surface area contributed by atoms with Gasteiger partial charge >= 0.3 is 0 Å². The van der Waals surface area contributed by atoms with Crippen molar-refractivity contribution < 1.29 is 0 Å². The zero-order chi connectivity index (χ0) is 12.7. The van der Waals surface area contributed by atoms with E-state index in [4.69, 9.17) is 17.3 Å². The lowest BCUT2D eigenvalue weighted by molar-refractivity contribution is 0.731. The van der Waals surface area contributed by atoms with Gasteiger partial charge in [0.2, 0.25) is 5.28 Å². The first-order valence-corrected chi connectivity index (χ1v) is 7.00. The lowest BCUT2D eigenvalue weighted by Gasteiger charge is -2.29. The van der Waals surface area contributed by atoms with Crippen LogP contribution in [0.4, 0.5) is 11.5 Å². The Morgan fingerprint density at radius 2 is 2.28 bits per heavy atom. The molecule has 0 amide bonds. The maximum atomic E-state index is 6.05. The van der Waals surface area contributed by atoms with Crippen LogP contribution in [0.15, 0.2) is 11.4 Å². The smallest absolute Gasteiger partial charge is 0.224 e. The predicted octanol–water partition coefficient (Wildman–Crippen LogP) is 2.64. The molecule has 0 unspecified atom stereocenters. The highest BCUT2D eigenvalue weighted by atomic mass is 35.5. The largest absolute Gasteiger partial charge is 0.394 e. The van der Waals surface area contributed by atoms with E-state index in [2.05, 4.69) is 26.3 Å². The number of aromatic nitrogens is 2. The molecule has 6 heteroatoms. The number of rotatable bonds is 1. The van der Waals surface area contributed by atoms with E-state index < -0.39 is 0 Å². The number of nitrogens with two attached hydrogens (primary N) is 1. The van der Waals surface area contributed by atoms with E-state index in [0.29, 0.717) is 5.69 Å². The molecule has 1 aliphatic heterocycles. The van der Waals surface area contributed by atoms with E-state index >= 15 is 0 Å². The molecule has 0 spiro atoms. The van der Waals surface area contributed by atoms with Crippen molar-refractivity contribution in [3.05, 3.63) is 32.9 Å². The van der Waals surface area contributed by atoms with Crippen LogP contribution < -0.4 is 10.6 Å². The van der Waals surface area contributed by atoms with Crippen molar-refractivity contribution in [2.24, 2.45) is 0 Å². The van der Waals surface area contributed by atoms with Crippen LogP contribution in [0.1, 0.15) is 16.1 Å². The Kier molecular flexibility index (Phi) is 2.87. The van der Waals surface area contributed by atoms with Gasteiger partial charge in [0.25, 0.3) is 0 Å². The van der Waals surface area contributed by atoms with Crippen LogP contribution >= 0.6 is 22.9 Å². The summed E-state index contributed by atoms with van der Waals surface area (Å²) in [7, 11) is 0. The molecule has 0 saturated heterocycles. The molecule has 0 bridgehead atoms. The molecule has 94 valence electrons. The van der Waals surface area contributed by atoms with Crippen molar-refractivity contribution in [1.29, 1.82) is 0 Å². The van der Waals surface area contributed by atoms with Crippen LogP contribution in [-0.2, 0) is 13.0 Å². The molecule has 0 radical (unpaired) electrons. The Bertz CT molecular complexity index is 596. The highest BCUT2D eigenvalue weighted by Crippen LogP contribution is 2.31. The standard InChI is InChI=1S/C12H13ClN4S/c1-7-10(14)11(16-12(13)15-7)17-4-2-9-8(6-17)3-5-18-9/h3,5H,2,4,6,14H2,1H3. The lowest BCUT2D eigenvalue weighted by Crippen LogP contribution is -2.31. The Labute approximate surface area is 114 Å². The van der Waals surface area contributed by atoms with Gasteiger partial charge in [-0.05, 0) is 42.0 Å². The van der Waals surface area contributed by atoms with Gasteiger partial charge in [0.1, 0.15) is 0 Å². The molecule has 1 aliphatic rings. The van der Waals surface area contributed by atoms with Crippen LogP contribution in [-0.4, -0.2) is 16.5 Å². The second-order valence-corrected chi connectivity index (χ2v) is 5.69. The number of nitrogen functional groups attached to an aromatic ring is 1. The zero-order valence-corrected chi connectivity index (χ0v) is 11.6. The Balaban J connectivity index is 1.98. The van der Waals surface area contributed by atoms with Crippen molar-refractivity contribution in [2.45, 2.75) is 19.9 Å². The Morgan fingerprint density at radius 1 is 1.44 bits per heavy atom. The van der Waals surface area contributed by atoms with Crippen molar-refractivity contribution >= 4 is 34.4 Å². The van der Waals surface area contributed by atoms with E-state index in [-0.39, 0.29) is 5.28 Å². The van der Waals surface area contributed by atoms with Crippen molar-refractivity contribution in [3.8, 4) is 0 Å². The molecule has 2 aromatic rings. The first-order valence-electron chi connectivity index (χ1n) is 5.75. The molecule has 4 nitrogen and oxygen atoms in total. The second-order valence-electron chi connectivity index (χ2n) is 4.36. The fourth-order valence-corrected chi connectivity index (χ4v) is 3.30. The fourth-order valence-electron chi connectivity index (χ4n) is 2.20. The average Bonchev–Trinajstić information content (AvgIpc) is 2.80. The Morgan fingerprint density at radius 3 is 3.11 bits per heavy atom. The number of hydrogen-bond donors (Lipinski definition) is 1. The second kappa shape index (κ2) is 4.40. The van der Waals surface area contributed by atoms with E-state index in [0.717, 1.165) is 31.0 Å². The molecular weight excluding hydrogens is 268 g/mol. The highest BCUT2D eigenvalue weighted by Gasteiger charge is 2.21. The summed E-state index contributed by atoms with van der Waals surface area (Å²) in [5, 5.41) is 2.39. The molecule has 0 aromatic carbocycles. The average molecular weight is 281 g/mol. The maximum Gasteiger partial charge on any atom is 0.224 e. The van der Waals surface area contributed by atoms with E-state index in [1.54, 1.807) is 0 Å². The van der Waals surface area contributed by atoms with Gasteiger partial charge in [-0.2, -0.15) is 4.98 Å².